The largest absolute Gasteiger partial charge is 0.466 e. The van der Waals surface area contributed by atoms with E-state index in [9.17, 15) is 22.8 Å². The fourth-order valence-electron chi connectivity index (χ4n) is 6.52. The van der Waals surface area contributed by atoms with Crippen molar-refractivity contribution in [3.8, 4) is 0 Å². The third kappa shape index (κ3) is 7.54. The van der Waals surface area contributed by atoms with E-state index in [0.29, 0.717) is 72.0 Å². The molecule has 9 nitrogen and oxygen atoms in total. The molecule has 0 spiro atoms. The highest BCUT2D eigenvalue weighted by Gasteiger charge is 2.42. The zero-order valence-corrected chi connectivity index (χ0v) is 26.7. The Labute approximate surface area is 269 Å². The van der Waals surface area contributed by atoms with Gasteiger partial charge in [0.05, 0.1) is 25.3 Å². The number of esters is 1. The van der Waals surface area contributed by atoms with Gasteiger partial charge >= 0.3 is 12.1 Å². The molecular formula is C31H35Cl2F3N6O3. The Morgan fingerprint density at radius 3 is 2.36 bits per heavy atom. The standard InChI is InChI=1S/C31H35Cl2F3N6O3/c1-4-45-28(43)14-19-5-7-21(8-6-19)29(44)42-18(2)11-27(25-15-22(31(34,35)36)9-10-26(25)42)41(30-37-39-40(3)38-30)17-20-12-23(32)16-24(33)13-20/h9-10,12-13,15-16,18-19,21,27H,4-8,11,14,17H2,1-3H3/t18-,19-,21-,27?/m1/s1. The van der Waals surface area contributed by atoms with Crippen molar-refractivity contribution >= 4 is 46.7 Å². The highest BCUT2D eigenvalue weighted by Crippen LogP contribution is 2.46. The summed E-state index contributed by atoms with van der Waals surface area (Å²) in [7, 11) is 1.60. The second-order valence-corrected chi connectivity index (χ2v) is 12.7. The molecule has 2 aromatic carbocycles. The second-order valence-electron chi connectivity index (χ2n) is 11.8. The molecule has 242 valence electrons. The lowest BCUT2D eigenvalue weighted by Gasteiger charge is -2.45. The van der Waals surface area contributed by atoms with Gasteiger partial charge in [0.1, 0.15) is 0 Å². The minimum absolute atomic E-state index is 0.123. The van der Waals surface area contributed by atoms with Crippen LogP contribution in [0.25, 0.3) is 0 Å². The molecule has 2 aliphatic rings. The number of nitrogens with zero attached hydrogens (tertiary/aromatic N) is 6. The summed E-state index contributed by atoms with van der Waals surface area (Å²) in [6, 6.07) is 7.59. The van der Waals surface area contributed by atoms with Crippen LogP contribution in [0.3, 0.4) is 0 Å². The van der Waals surface area contributed by atoms with E-state index in [1.807, 2.05) is 6.92 Å². The maximum absolute atomic E-state index is 14.1. The first-order valence-electron chi connectivity index (χ1n) is 15.0. The zero-order valence-electron chi connectivity index (χ0n) is 25.2. The number of alkyl halides is 3. The number of ether oxygens (including phenoxy) is 1. The molecule has 3 aromatic rings. The summed E-state index contributed by atoms with van der Waals surface area (Å²) in [5, 5.41) is 13.4. The fraction of sp³-hybridized carbons (Fsp3) is 0.516. The molecule has 1 aliphatic heterocycles. The van der Waals surface area contributed by atoms with E-state index < -0.39 is 17.8 Å². The van der Waals surface area contributed by atoms with Crippen LogP contribution in [0.5, 0.6) is 0 Å². The predicted molar refractivity (Wildman–Crippen MR) is 164 cm³/mol. The van der Waals surface area contributed by atoms with Gasteiger partial charge in [-0.2, -0.15) is 18.0 Å². The molecule has 0 radical (unpaired) electrons. The Kier molecular flexibility index (Phi) is 9.93. The number of fused-ring (bicyclic) bond motifs is 1. The fourth-order valence-corrected chi connectivity index (χ4v) is 7.09. The molecule has 1 amide bonds. The van der Waals surface area contributed by atoms with Gasteiger partial charge in [-0.1, -0.05) is 28.3 Å². The van der Waals surface area contributed by atoms with Gasteiger partial charge < -0.3 is 14.5 Å². The highest BCUT2D eigenvalue weighted by molar-refractivity contribution is 6.34. The highest BCUT2D eigenvalue weighted by atomic mass is 35.5. The van der Waals surface area contributed by atoms with Crippen LogP contribution >= 0.6 is 23.2 Å². The van der Waals surface area contributed by atoms with Gasteiger partial charge in [0.2, 0.25) is 5.91 Å². The summed E-state index contributed by atoms with van der Waals surface area (Å²) < 4.78 is 47.2. The number of amides is 1. The molecule has 45 heavy (non-hydrogen) atoms. The lowest BCUT2D eigenvalue weighted by Crippen LogP contribution is -2.49. The van der Waals surface area contributed by atoms with Crippen LogP contribution in [0, 0.1) is 11.8 Å². The summed E-state index contributed by atoms with van der Waals surface area (Å²) in [6.07, 6.45) is -1.37. The molecule has 14 heteroatoms. The lowest BCUT2D eigenvalue weighted by molar-refractivity contribution is -0.144. The van der Waals surface area contributed by atoms with Crippen LogP contribution in [0.15, 0.2) is 36.4 Å². The molecular weight excluding hydrogens is 632 g/mol. The minimum Gasteiger partial charge on any atom is -0.466 e. The molecule has 1 aliphatic carbocycles. The Hall–Kier alpha value is -3.38. The summed E-state index contributed by atoms with van der Waals surface area (Å²) in [6.45, 7) is 4.17. The number of aryl methyl sites for hydroxylation is 1. The van der Waals surface area contributed by atoms with Crippen molar-refractivity contribution in [1.29, 1.82) is 0 Å². The van der Waals surface area contributed by atoms with Crippen molar-refractivity contribution < 1.29 is 27.5 Å². The van der Waals surface area contributed by atoms with Crippen molar-refractivity contribution in [1.82, 2.24) is 20.2 Å². The number of carbonyl (C=O) groups excluding carboxylic acids is 2. The Bertz CT molecular complexity index is 1520. The first kappa shape index (κ1) is 33.0. The Morgan fingerprint density at radius 1 is 1.07 bits per heavy atom. The van der Waals surface area contributed by atoms with E-state index in [1.54, 1.807) is 42.0 Å². The first-order chi connectivity index (χ1) is 21.3. The SMILES string of the molecule is CCOC(=O)C[C@H]1CC[C@H](C(=O)N2c3ccc(C(F)(F)F)cc3C(N(Cc3cc(Cl)cc(Cl)c3)c3nnn(C)n3)C[C@H]2C)CC1. The van der Waals surface area contributed by atoms with Gasteiger partial charge in [-0.05, 0) is 105 Å². The molecule has 1 fully saturated rings. The molecule has 1 unspecified atom stereocenters. The average molecular weight is 668 g/mol. The number of carbonyl (C=O) groups is 2. The van der Waals surface area contributed by atoms with Crippen LogP contribution < -0.4 is 9.80 Å². The maximum atomic E-state index is 14.1. The molecule has 0 saturated heterocycles. The molecule has 0 bridgehead atoms. The number of aromatic nitrogens is 4. The number of anilines is 2. The maximum Gasteiger partial charge on any atom is 0.416 e. The summed E-state index contributed by atoms with van der Waals surface area (Å²) in [4.78, 5) is 30.8. The summed E-state index contributed by atoms with van der Waals surface area (Å²) >= 11 is 12.6. The van der Waals surface area contributed by atoms with E-state index in [-0.39, 0.29) is 42.2 Å². The van der Waals surface area contributed by atoms with Gasteiger partial charge in [0.25, 0.3) is 5.95 Å². The molecule has 1 aromatic heterocycles. The molecule has 5 rings (SSSR count). The van der Waals surface area contributed by atoms with Crippen LogP contribution in [-0.2, 0) is 34.1 Å². The first-order valence-corrected chi connectivity index (χ1v) is 15.7. The Balaban J connectivity index is 1.49. The number of hydrogen-bond donors (Lipinski definition) is 0. The van der Waals surface area contributed by atoms with Crippen LogP contribution in [0.4, 0.5) is 24.8 Å². The summed E-state index contributed by atoms with van der Waals surface area (Å²) in [5.41, 5.74) is 0.654. The number of hydrogen-bond acceptors (Lipinski definition) is 7. The smallest absolute Gasteiger partial charge is 0.416 e. The quantitative estimate of drug-likeness (QED) is 0.235. The monoisotopic (exact) mass is 666 g/mol. The lowest BCUT2D eigenvalue weighted by atomic mass is 9.79. The number of rotatable bonds is 8. The number of tetrazole rings is 1. The van der Waals surface area contributed by atoms with E-state index in [0.717, 1.165) is 12.1 Å². The average Bonchev–Trinajstić information content (AvgIpc) is 3.40. The third-order valence-electron chi connectivity index (χ3n) is 8.58. The van der Waals surface area contributed by atoms with Crippen molar-refractivity contribution in [3.63, 3.8) is 0 Å². The van der Waals surface area contributed by atoms with Crippen LogP contribution in [0.1, 0.15) is 75.1 Å². The van der Waals surface area contributed by atoms with Crippen molar-refractivity contribution in [2.45, 2.75) is 77.2 Å². The number of halogens is 5. The zero-order chi connectivity index (χ0) is 32.5. The van der Waals surface area contributed by atoms with Crippen LogP contribution in [-0.4, -0.2) is 44.7 Å². The van der Waals surface area contributed by atoms with E-state index in [1.165, 1.54) is 10.9 Å². The van der Waals surface area contributed by atoms with E-state index in [4.69, 9.17) is 27.9 Å². The van der Waals surface area contributed by atoms with Gasteiger partial charge in [-0.3, -0.25) is 9.59 Å². The predicted octanol–water partition coefficient (Wildman–Crippen LogP) is 7.17. The van der Waals surface area contributed by atoms with Crippen molar-refractivity contribution in [2.75, 3.05) is 16.4 Å². The molecule has 1 saturated carbocycles. The van der Waals surface area contributed by atoms with E-state index in [2.05, 4.69) is 15.4 Å². The second kappa shape index (κ2) is 13.5. The van der Waals surface area contributed by atoms with Gasteiger partial charge in [0.15, 0.2) is 0 Å². The van der Waals surface area contributed by atoms with Gasteiger partial charge in [-0.15, -0.1) is 5.10 Å². The van der Waals surface area contributed by atoms with Gasteiger partial charge in [-0.25, -0.2) is 0 Å². The molecule has 2 atom stereocenters. The normalized spacial score (nSPS) is 21.7. The van der Waals surface area contributed by atoms with Crippen molar-refractivity contribution in [3.05, 3.63) is 63.1 Å². The topological polar surface area (TPSA) is 93.5 Å². The van der Waals surface area contributed by atoms with Crippen LogP contribution in [0.2, 0.25) is 10.0 Å². The Morgan fingerprint density at radius 2 is 1.76 bits per heavy atom. The van der Waals surface area contributed by atoms with E-state index >= 15 is 0 Å². The van der Waals surface area contributed by atoms with Crippen molar-refractivity contribution in [2.24, 2.45) is 18.9 Å². The summed E-state index contributed by atoms with van der Waals surface area (Å²) in [5.74, 6) is -0.300. The molecule has 2 heterocycles. The third-order valence-corrected chi connectivity index (χ3v) is 9.02. The molecule has 0 N–H and O–H groups in total. The van der Waals surface area contributed by atoms with Gasteiger partial charge in [0, 0.05) is 40.7 Å². The number of benzene rings is 2. The minimum atomic E-state index is -4.59.